The second kappa shape index (κ2) is 6.85. The third-order valence-corrected chi connectivity index (χ3v) is 5.07. The summed E-state index contributed by atoms with van der Waals surface area (Å²) in [6.07, 6.45) is 1.70. The molecular weight excluding hydrogens is 364 g/mol. The quantitative estimate of drug-likeness (QED) is 0.386. The van der Waals surface area contributed by atoms with Gasteiger partial charge >= 0.3 is 5.97 Å². The first kappa shape index (κ1) is 17.4. The fraction of sp³-hybridized carbons (Fsp3) is 0.235. The van der Waals surface area contributed by atoms with Crippen molar-refractivity contribution in [1.29, 1.82) is 0 Å². The molecule has 3 rings (SSSR count). The molecule has 0 aliphatic rings. The summed E-state index contributed by atoms with van der Waals surface area (Å²) in [6.45, 7) is 2.29. The summed E-state index contributed by atoms with van der Waals surface area (Å²) in [5, 5.41) is 0.642. The van der Waals surface area contributed by atoms with Crippen molar-refractivity contribution in [1.82, 2.24) is 9.55 Å². The molecule has 0 saturated carbocycles. The van der Waals surface area contributed by atoms with Crippen molar-refractivity contribution in [2.75, 3.05) is 14.2 Å². The number of benzene rings is 1. The van der Waals surface area contributed by atoms with Crippen molar-refractivity contribution in [2.24, 2.45) is 0 Å². The highest BCUT2D eigenvalue weighted by molar-refractivity contribution is 7.15. The largest absolute Gasteiger partial charge is 0.497 e. The van der Waals surface area contributed by atoms with E-state index in [-0.39, 0.29) is 0 Å². The number of hydrogen-bond donors (Lipinski definition) is 0. The number of esters is 1. The maximum Gasteiger partial charge on any atom is 0.379 e. The highest BCUT2D eigenvalue weighted by atomic mass is 35.5. The first-order chi connectivity index (χ1) is 12.0. The molecule has 25 heavy (non-hydrogen) atoms. The molecule has 0 atom stereocenters. The molecule has 1 aromatic carbocycles. The normalized spacial score (nSPS) is 10.9. The van der Waals surface area contributed by atoms with E-state index in [2.05, 4.69) is 9.72 Å². The van der Waals surface area contributed by atoms with Gasteiger partial charge in [-0.25, -0.2) is 9.78 Å². The predicted molar refractivity (Wildman–Crippen MR) is 95.8 cm³/mol. The van der Waals surface area contributed by atoms with Gasteiger partial charge in [0.15, 0.2) is 4.47 Å². The Kier molecular flexibility index (Phi) is 4.78. The van der Waals surface area contributed by atoms with E-state index in [1.165, 1.54) is 18.4 Å². The maximum absolute atomic E-state index is 12.5. The van der Waals surface area contributed by atoms with Crippen LogP contribution in [0.4, 0.5) is 0 Å². The van der Waals surface area contributed by atoms with Gasteiger partial charge in [0.25, 0.3) is 5.78 Å². The third kappa shape index (κ3) is 3.12. The smallest absolute Gasteiger partial charge is 0.379 e. The van der Waals surface area contributed by atoms with Crippen LogP contribution >= 0.6 is 22.9 Å². The van der Waals surface area contributed by atoms with Crippen molar-refractivity contribution >= 4 is 45.6 Å². The lowest BCUT2D eigenvalue weighted by atomic mass is 10.1. The van der Waals surface area contributed by atoms with E-state index in [1.54, 1.807) is 26.3 Å². The Labute approximate surface area is 152 Å². The van der Waals surface area contributed by atoms with Gasteiger partial charge in [0, 0.05) is 27.7 Å². The zero-order chi connectivity index (χ0) is 18.1. The van der Waals surface area contributed by atoms with E-state index in [0.717, 1.165) is 10.4 Å². The topological polar surface area (TPSA) is 70.4 Å². The van der Waals surface area contributed by atoms with Crippen LogP contribution in [-0.2, 0) is 16.1 Å². The second-order valence-corrected chi connectivity index (χ2v) is 7.03. The predicted octanol–water partition coefficient (Wildman–Crippen LogP) is 3.47. The number of halogens is 1. The lowest BCUT2D eigenvalue weighted by Crippen LogP contribution is -2.17. The number of ether oxygens (including phenoxy) is 2. The number of hydrogen-bond acceptors (Lipinski definition) is 6. The Balaban J connectivity index is 2.21. The molecule has 130 valence electrons. The number of ketones is 1. The molecule has 0 radical (unpaired) electrons. The maximum atomic E-state index is 12.5. The van der Waals surface area contributed by atoms with Crippen LogP contribution in [0.25, 0.3) is 10.9 Å². The van der Waals surface area contributed by atoms with Crippen LogP contribution in [0.2, 0.25) is 4.47 Å². The molecule has 0 fully saturated rings. The molecule has 0 bridgehead atoms. The van der Waals surface area contributed by atoms with Crippen molar-refractivity contribution in [2.45, 2.75) is 13.5 Å². The van der Waals surface area contributed by atoms with Crippen LogP contribution in [0, 0.1) is 6.92 Å². The molecule has 0 spiro atoms. The van der Waals surface area contributed by atoms with Gasteiger partial charge in [-0.2, -0.15) is 0 Å². The number of rotatable bonds is 5. The minimum atomic E-state index is -0.897. The number of nitrogens with zero attached hydrogens (tertiary/aromatic N) is 2. The van der Waals surface area contributed by atoms with Gasteiger partial charge in [-0.1, -0.05) is 11.6 Å². The van der Waals surface area contributed by atoms with Gasteiger partial charge in [-0.3, -0.25) is 4.79 Å². The summed E-state index contributed by atoms with van der Waals surface area (Å²) < 4.78 is 12.3. The number of methoxy groups -OCH3 is 2. The highest BCUT2D eigenvalue weighted by Gasteiger charge is 2.26. The third-order valence-electron chi connectivity index (χ3n) is 3.97. The van der Waals surface area contributed by atoms with E-state index in [1.807, 2.05) is 16.7 Å². The van der Waals surface area contributed by atoms with E-state index in [0.29, 0.717) is 33.4 Å². The summed E-state index contributed by atoms with van der Waals surface area (Å²) in [5.41, 5.74) is 1.80. The second-order valence-electron chi connectivity index (χ2n) is 5.33. The summed E-state index contributed by atoms with van der Waals surface area (Å²) in [7, 11) is 2.74. The Morgan fingerprint density at radius 2 is 2.08 bits per heavy atom. The number of aromatic nitrogens is 2. The van der Waals surface area contributed by atoms with Crippen LogP contribution in [0.1, 0.15) is 20.9 Å². The van der Waals surface area contributed by atoms with Gasteiger partial charge in [0.2, 0.25) is 0 Å². The molecule has 2 heterocycles. The van der Waals surface area contributed by atoms with Crippen LogP contribution in [0.5, 0.6) is 5.75 Å². The van der Waals surface area contributed by atoms with Crippen LogP contribution in [0.15, 0.2) is 24.4 Å². The summed E-state index contributed by atoms with van der Waals surface area (Å²) in [4.78, 5) is 29.3. The van der Waals surface area contributed by atoms with Crippen molar-refractivity contribution in [3.8, 4) is 5.75 Å². The van der Waals surface area contributed by atoms with Crippen LogP contribution in [-0.4, -0.2) is 35.5 Å². The van der Waals surface area contributed by atoms with Gasteiger partial charge < -0.3 is 14.0 Å². The number of carbonyl (C=O) groups is 2. The molecule has 6 nitrogen and oxygen atoms in total. The Bertz CT molecular complexity index is 977. The molecule has 8 heteroatoms. The Morgan fingerprint density at radius 3 is 2.68 bits per heavy atom. The molecule has 3 aromatic rings. The summed E-state index contributed by atoms with van der Waals surface area (Å²) in [5.74, 6) is -0.977. The lowest BCUT2D eigenvalue weighted by Gasteiger charge is -2.07. The van der Waals surface area contributed by atoms with E-state index >= 15 is 0 Å². The van der Waals surface area contributed by atoms with Crippen molar-refractivity contribution < 1.29 is 19.1 Å². The fourth-order valence-electron chi connectivity index (χ4n) is 2.79. The lowest BCUT2D eigenvalue weighted by molar-refractivity contribution is -0.135. The average Bonchev–Trinajstić information content (AvgIpc) is 3.14. The summed E-state index contributed by atoms with van der Waals surface area (Å²) >= 11 is 7.27. The minimum absolute atomic E-state index is 0.316. The van der Waals surface area contributed by atoms with Crippen LogP contribution in [0.3, 0.4) is 0 Å². The monoisotopic (exact) mass is 378 g/mol. The van der Waals surface area contributed by atoms with Gasteiger partial charge in [-0.15, -0.1) is 11.3 Å². The van der Waals surface area contributed by atoms with Gasteiger partial charge in [-0.05, 0) is 25.1 Å². The van der Waals surface area contributed by atoms with Gasteiger partial charge in [0.1, 0.15) is 5.75 Å². The van der Waals surface area contributed by atoms with E-state index in [9.17, 15) is 9.59 Å². The van der Waals surface area contributed by atoms with Crippen molar-refractivity contribution in [3.63, 3.8) is 0 Å². The molecule has 0 aliphatic heterocycles. The average molecular weight is 379 g/mol. The fourth-order valence-corrected chi connectivity index (χ4v) is 3.75. The standard InChI is InChI=1S/C17H15ClN2O4S/c1-9-14(15(21)16(22)24-3)12-6-10(23-2)4-5-13(12)20(9)8-11-7-19-17(18)25-11/h4-7H,8H2,1-3H3. The molecular formula is C17H15ClN2O4S. The highest BCUT2D eigenvalue weighted by Crippen LogP contribution is 2.31. The van der Waals surface area contributed by atoms with E-state index in [4.69, 9.17) is 16.3 Å². The SMILES string of the molecule is COC(=O)C(=O)c1c(C)n(Cc2cnc(Cl)s2)c2ccc(OC)cc12. The zero-order valence-electron chi connectivity index (χ0n) is 13.8. The molecule has 0 saturated heterocycles. The zero-order valence-corrected chi connectivity index (χ0v) is 15.4. The summed E-state index contributed by atoms with van der Waals surface area (Å²) in [6, 6.07) is 5.41. The first-order valence-electron chi connectivity index (χ1n) is 7.36. The molecule has 0 aliphatic carbocycles. The number of thiazole rings is 1. The number of fused-ring (bicyclic) bond motifs is 1. The molecule has 0 unspecified atom stereocenters. The Morgan fingerprint density at radius 1 is 1.32 bits per heavy atom. The first-order valence-corrected chi connectivity index (χ1v) is 8.55. The van der Waals surface area contributed by atoms with E-state index < -0.39 is 11.8 Å². The minimum Gasteiger partial charge on any atom is -0.497 e. The number of carbonyl (C=O) groups excluding carboxylic acids is 2. The van der Waals surface area contributed by atoms with Gasteiger partial charge in [0.05, 0.1) is 26.3 Å². The molecule has 0 N–H and O–H groups in total. The molecule has 2 aromatic heterocycles. The van der Waals surface area contributed by atoms with Crippen molar-refractivity contribution in [3.05, 3.63) is 45.0 Å². The number of Topliss-reactive ketones (excluding diaryl/α,β-unsaturated/α-hetero) is 1. The Hall–Kier alpha value is -2.38. The van der Waals surface area contributed by atoms with Crippen LogP contribution < -0.4 is 4.74 Å². The molecule has 0 amide bonds.